The fourth-order valence-corrected chi connectivity index (χ4v) is 4.99. The average Bonchev–Trinajstić information content (AvgIpc) is 2.88. The second-order valence-corrected chi connectivity index (χ2v) is 10.4. The van der Waals surface area contributed by atoms with Crippen molar-refractivity contribution in [2.24, 2.45) is 0 Å². The summed E-state index contributed by atoms with van der Waals surface area (Å²) >= 11 is 7.65. The molecule has 0 aromatic heterocycles. The highest BCUT2D eigenvalue weighted by molar-refractivity contribution is 7.99. The number of hydrogen-bond donors (Lipinski definition) is 1. The van der Waals surface area contributed by atoms with Gasteiger partial charge >= 0.3 is 0 Å². The number of nitrogens with zero attached hydrogens (tertiary/aromatic N) is 1. The Kier molecular flexibility index (Phi) is 11.4. The molecule has 0 spiro atoms. The van der Waals surface area contributed by atoms with E-state index < -0.39 is 6.04 Å². The first-order valence-corrected chi connectivity index (χ1v) is 14.0. The Balaban J connectivity index is 1.82. The number of unbranched alkanes of at least 4 members (excludes halogenated alkanes) is 1. The molecular weight excluding hydrogens is 488 g/mol. The van der Waals surface area contributed by atoms with Crippen molar-refractivity contribution < 1.29 is 9.59 Å². The van der Waals surface area contributed by atoms with Crippen molar-refractivity contribution in [3.8, 4) is 0 Å². The summed E-state index contributed by atoms with van der Waals surface area (Å²) in [5.74, 6) is 0.810. The van der Waals surface area contributed by atoms with Crippen LogP contribution < -0.4 is 5.32 Å². The van der Waals surface area contributed by atoms with Gasteiger partial charge in [0, 0.05) is 30.3 Å². The first kappa shape index (κ1) is 27.8. The molecule has 0 saturated carbocycles. The van der Waals surface area contributed by atoms with Gasteiger partial charge in [-0.1, -0.05) is 97.2 Å². The van der Waals surface area contributed by atoms with Crippen LogP contribution in [0.3, 0.4) is 0 Å². The van der Waals surface area contributed by atoms with Crippen molar-refractivity contribution >= 4 is 35.2 Å². The smallest absolute Gasteiger partial charge is 0.243 e. The highest BCUT2D eigenvalue weighted by Crippen LogP contribution is 2.20. The molecule has 0 saturated heterocycles. The largest absolute Gasteiger partial charge is 0.354 e. The topological polar surface area (TPSA) is 49.4 Å². The van der Waals surface area contributed by atoms with Gasteiger partial charge in [-0.15, -0.1) is 11.8 Å². The normalized spacial score (nSPS) is 11.6. The van der Waals surface area contributed by atoms with Crippen LogP contribution in [0.2, 0.25) is 5.02 Å². The Labute approximate surface area is 224 Å². The van der Waals surface area contributed by atoms with Gasteiger partial charge in [0.1, 0.15) is 6.04 Å². The van der Waals surface area contributed by atoms with E-state index in [0.717, 1.165) is 35.1 Å². The summed E-state index contributed by atoms with van der Waals surface area (Å²) in [6.45, 7) is 5.13. The lowest BCUT2D eigenvalue weighted by Crippen LogP contribution is -2.51. The third-order valence-corrected chi connectivity index (χ3v) is 7.18. The summed E-state index contributed by atoms with van der Waals surface area (Å²) < 4.78 is 0. The Morgan fingerprint density at radius 1 is 0.944 bits per heavy atom. The first-order chi connectivity index (χ1) is 17.5. The van der Waals surface area contributed by atoms with E-state index in [9.17, 15) is 9.59 Å². The van der Waals surface area contributed by atoms with E-state index >= 15 is 0 Å². The van der Waals surface area contributed by atoms with Crippen LogP contribution in [0.25, 0.3) is 0 Å². The fourth-order valence-electron chi connectivity index (χ4n) is 3.92. The van der Waals surface area contributed by atoms with E-state index in [1.165, 1.54) is 11.8 Å². The monoisotopic (exact) mass is 522 g/mol. The number of benzene rings is 3. The third kappa shape index (κ3) is 9.03. The number of carbonyl (C=O) groups is 2. The third-order valence-electron chi connectivity index (χ3n) is 5.96. The number of carbonyl (C=O) groups excluding carboxylic acids is 2. The van der Waals surface area contributed by atoms with Crippen LogP contribution in [-0.4, -0.2) is 35.1 Å². The molecule has 1 atom stereocenters. The Morgan fingerprint density at radius 2 is 1.67 bits per heavy atom. The van der Waals surface area contributed by atoms with Crippen molar-refractivity contribution in [2.45, 2.75) is 51.4 Å². The number of hydrogen-bond acceptors (Lipinski definition) is 3. The lowest BCUT2D eigenvalue weighted by Gasteiger charge is -2.31. The van der Waals surface area contributed by atoms with Gasteiger partial charge in [-0.2, -0.15) is 0 Å². The van der Waals surface area contributed by atoms with Crippen LogP contribution in [-0.2, 0) is 28.3 Å². The van der Waals surface area contributed by atoms with Gasteiger partial charge < -0.3 is 10.2 Å². The zero-order valence-corrected chi connectivity index (χ0v) is 22.7. The summed E-state index contributed by atoms with van der Waals surface area (Å²) in [6, 6.07) is 25.1. The van der Waals surface area contributed by atoms with Gasteiger partial charge in [0.25, 0.3) is 0 Å². The summed E-state index contributed by atoms with van der Waals surface area (Å²) in [6.07, 6.45) is 2.37. The number of thioether (sulfide) groups is 1. The molecule has 3 aromatic carbocycles. The quantitative estimate of drug-likeness (QED) is 0.263. The summed E-state index contributed by atoms with van der Waals surface area (Å²) in [4.78, 5) is 28.8. The molecule has 3 aromatic rings. The molecule has 0 radical (unpaired) electrons. The van der Waals surface area contributed by atoms with Crippen molar-refractivity contribution in [3.05, 3.63) is 106 Å². The Bertz CT molecular complexity index is 1110. The molecule has 0 heterocycles. The molecule has 0 bridgehead atoms. The minimum atomic E-state index is -0.593. The lowest BCUT2D eigenvalue weighted by molar-refractivity contribution is -0.139. The minimum Gasteiger partial charge on any atom is -0.354 e. The van der Waals surface area contributed by atoms with E-state index in [1.807, 2.05) is 85.8 Å². The van der Waals surface area contributed by atoms with Gasteiger partial charge in [0.15, 0.2) is 0 Å². The standard InChI is InChI=1S/C30H35ClN2O2S/c1-3-4-17-32-30(35)28(19-24-9-6-5-7-10-24)33(20-25-15-13-23(2)14-16-25)29(34)22-36-21-26-11-8-12-27(31)18-26/h5-16,18,28H,3-4,17,19-22H2,1-2H3,(H,32,35)/t28-/m1/s1. The molecule has 0 aliphatic rings. The molecule has 6 heteroatoms. The lowest BCUT2D eigenvalue weighted by atomic mass is 10.0. The molecule has 4 nitrogen and oxygen atoms in total. The molecular formula is C30H35ClN2O2S. The molecule has 0 aliphatic heterocycles. The molecule has 0 fully saturated rings. The maximum Gasteiger partial charge on any atom is 0.243 e. The van der Waals surface area contributed by atoms with Crippen LogP contribution in [0.5, 0.6) is 0 Å². The van der Waals surface area contributed by atoms with E-state index in [-0.39, 0.29) is 17.6 Å². The molecule has 0 aliphatic carbocycles. The zero-order valence-electron chi connectivity index (χ0n) is 21.1. The van der Waals surface area contributed by atoms with Crippen molar-refractivity contribution in [2.75, 3.05) is 12.3 Å². The zero-order chi connectivity index (χ0) is 25.8. The van der Waals surface area contributed by atoms with E-state index in [1.54, 1.807) is 4.90 Å². The second kappa shape index (κ2) is 14.7. The molecule has 1 N–H and O–H groups in total. The van der Waals surface area contributed by atoms with E-state index in [0.29, 0.717) is 30.3 Å². The van der Waals surface area contributed by atoms with Crippen LogP contribution >= 0.6 is 23.4 Å². The molecule has 36 heavy (non-hydrogen) atoms. The van der Waals surface area contributed by atoms with Gasteiger partial charge in [0.2, 0.25) is 11.8 Å². The summed E-state index contributed by atoms with van der Waals surface area (Å²) in [7, 11) is 0. The first-order valence-electron chi connectivity index (χ1n) is 12.4. The maximum atomic E-state index is 13.6. The van der Waals surface area contributed by atoms with Crippen LogP contribution in [0.1, 0.15) is 42.0 Å². The second-order valence-electron chi connectivity index (χ2n) is 8.98. The highest BCUT2D eigenvalue weighted by Gasteiger charge is 2.30. The number of amides is 2. The van der Waals surface area contributed by atoms with E-state index in [2.05, 4.69) is 12.2 Å². The number of rotatable bonds is 13. The predicted octanol–water partition coefficient (Wildman–Crippen LogP) is 6.44. The van der Waals surface area contributed by atoms with Crippen molar-refractivity contribution in [1.29, 1.82) is 0 Å². The molecule has 3 rings (SSSR count). The van der Waals surface area contributed by atoms with Gasteiger partial charge in [-0.3, -0.25) is 9.59 Å². The highest BCUT2D eigenvalue weighted by atomic mass is 35.5. The van der Waals surface area contributed by atoms with Crippen LogP contribution in [0, 0.1) is 6.92 Å². The molecule has 190 valence electrons. The number of halogens is 1. The van der Waals surface area contributed by atoms with Gasteiger partial charge in [-0.25, -0.2) is 0 Å². The van der Waals surface area contributed by atoms with Gasteiger partial charge in [-0.05, 0) is 42.2 Å². The number of aryl methyl sites for hydroxylation is 1. The van der Waals surface area contributed by atoms with Gasteiger partial charge in [0.05, 0.1) is 5.75 Å². The van der Waals surface area contributed by atoms with Crippen LogP contribution in [0.15, 0.2) is 78.9 Å². The number of nitrogens with one attached hydrogen (secondary N) is 1. The van der Waals surface area contributed by atoms with Crippen molar-refractivity contribution in [1.82, 2.24) is 10.2 Å². The predicted molar refractivity (Wildman–Crippen MR) is 151 cm³/mol. The average molecular weight is 523 g/mol. The Morgan fingerprint density at radius 3 is 2.36 bits per heavy atom. The summed E-state index contributed by atoms with van der Waals surface area (Å²) in [5, 5.41) is 3.76. The van der Waals surface area contributed by atoms with Crippen molar-refractivity contribution in [3.63, 3.8) is 0 Å². The maximum absolute atomic E-state index is 13.6. The Hall–Kier alpha value is -2.76. The molecule has 2 amide bonds. The van der Waals surface area contributed by atoms with Crippen LogP contribution in [0.4, 0.5) is 0 Å². The summed E-state index contributed by atoms with van der Waals surface area (Å²) in [5.41, 5.74) is 4.27. The molecule has 0 unspecified atom stereocenters. The fraction of sp³-hybridized carbons (Fsp3) is 0.333. The minimum absolute atomic E-state index is 0.0471. The van der Waals surface area contributed by atoms with E-state index in [4.69, 9.17) is 11.6 Å². The SMILES string of the molecule is CCCCNC(=O)[C@@H](Cc1ccccc1)N(Cc1ccc(C)cc1)C(=O)CSCc1cccc(Cl)c1.